The van der Waals surface area contributed by atoms with Crippen molar-refractivity contribution in [3.63, 3.8) is 0 Å². The van der Waals surface area contributed by atoms with Gasteiger partial charge in [-0.15, -0.1) is 11.8 Å². The molecule has 0 aromatic heterocycles. The van der Waals surface area contributed by atoms with Crippen molar-refractivity contribution < 1.29 is 9.53 Å². The molecule has 0 aliphatic rings. The lowest BCUT2D eigenvalue weighted by molar-refractivity contribution is -0.139. The number of ether oxygens (including phenoxy) is 1. The van der Waals surface area contributed by atoms with Gasteiger partial charge in [0.2, 0.25) is 0 Å². The number of carbonyl (C=O) groups is 1. The van der Waals surface area contributed by atoms with Crippen LogP contribution in [-0.2, 0) is 9.53 Å². The summed E-state index contributed by atoms with van der Waals surface area (Å²) in [4.78, 5) is 11.9. The minimum absolute atomic E-state index is 0.248. The average molecular weight is 246 g/mol. The van der Waals surface area contributed by atoms with Gasteiger partial charge in [-0.25, -0.2) is 0 Å². The second kappa shape index (κ2) is 5.88. The molecule has 2 N–H and O–H groups in total. The van der Waals surface area contributed by atoms with Crippen LogP contribution in [0.15, 0.2) is 23.1 Å². The number of anilines is 1. The molecule has 0 spiro atoms. The number of rotatable bonds is 4. The fourth-order valence-electron chi connectivity index (χ4n) is 0.982. The van der Waals surface area contributed by atoms with E-state index in [9.17, 15) is 4.79 Å². The summed E-state index contributed by atoms with van der Waals surface area (Å²) in [6.45, 7) is 2.17. The van der Waals surface area contributed by atoms with Crippen LogP contribution in [0.2, 0.25) is 5.02 Å². The second-order valence-electron chi connectivity index (χ2n) is 2.75. The quantitative estimate of drug-likeness (QED) is 0.503. The van der Waals surface area contributed by atoms with Gasteiger partial charge in [-0.05, 0) is 19.1 Å². The van der Waals surface area contributed by atoms with Gasteiger partial charge < -0.3 is 10.5 Å². The van der Waals surface area contributed by atoms with Gasteiger partial charge in [-0.1, -0.05) is 17.7 Å². The molecule has 3 nitrogen and oxygen atoms in total. The second-order valence-corrected chi connectivity index (χ2v) is 4.17. The molecule has 0 heterocycles. The van der Waals surface area contributed by atoms with Crippen molar-refractivity contribution in [1.82, 2.24) is 0 Å². The average Bonchev–Trinajstić information content (AvgIpc) is 2.21. The lowest BCUT2D eigenvalue weighted by Gasteiger charge is -2.06. The smallest absolute Gasteiger partial charge is 0.316 e. The van der Waals surface area contributed by atoms with Gasteiger partial charge in [0.05, 0.1) is 23.1 Å². The zero-order valence-corrected chi connectivity index (χ0v) is 9.90. The summed E-state index contributed by atoms with van der Waals surface area (Å²) in [6, 6.07) is 5.34. The molecule has 0 fully saturated rings. The van der Waals surface area contributed by atoms with Crippen LogP contribution in [0, 0.1) is 0 Å². The Morgan fingerprint density at radius 1 is 1.60 bits per heavy atom. The van der Waals surface area contributed by atoms with Crippen LogP contribution in [0.4, 0.5) is 5.69 Å². The highest BCUT2D eigenvalue weighted by Crippen LogP contribution is 2.30. The SMILES string of the molecule is CCOC(=O)CSc1cccc(Cl)c1N. The van der Waals surface area contributed by atoms with Crippen molar-refractivity contribution in [2.75, 3.05) is 18.1 Å². The Bertz CT molecular complexity index is 357. The van der Waals surface area contributed by atoms with Crippen LogP contribution in [-0.4, -0.2) is 18.3 Å². The Labute approximate surface area is 97.9 Å². The Morgan fingerprint density at radius 3 is 3.00 bits per heavy atom. The van der Waals surface area contributed by atoms with Crippen LogP contribution in [0.1, 0.15) is 6.92 Å². The molecule has 82 valence electrons. The van der Waals surface area contributed by atoms with Gasteiger partial charge in [0, 0.05) is 4.90 Å². The third kappa shape index (κ3) is 3.64. The minimum atomic E-state index is -0.248. The minimum Gasteiger partial charge on any atom is -0.465 e. The first-order valence-electron chi connectivity index (χ1n) is 4.47. The van der Waals surface area contributed by atoms with Gasteiger partial charge >= 0.3 is 5.97 Å². The van der Waals surface area contributed by atoms with E-state index < -0.39 is 0 Å². The number of hydrogen-bond donors (Lipinski definition) is 1. The Balaban J connectivity index is 2.58. The van der Waals surface area contributed by atoms with Crippen molar-refractivity contribution in [3.8, 4) is 0 Å². The Kier molecular flexibility index (Phi) is 4.78. The van der Waals surface area contributed by atoms with E-state index in [2.05, 4.69) is 0 Å². The molecule has 0 amide bonds. The topological polar surface area (TPSA) is 52.3 Å². The fourth-order valence-corrected chi connectivity index (χ4v) is 2.01. The third-order valence-electron chi connectivity index (χ3n) is 1.66. The van der Waals surface area contributed by atoms with Crippen LogP contribution in [0.3, 0.4) is 0 Å². The van der Waals surface area contributed by atoms with Gasteiger partial charge in [-0.3, -0.25) is 4.79 Å². The van der Waals surface area contributed by atoms with Crippen LogP contribution in [0.25, 0.3) is 0 Å². The van der Waals surface area contributed by atoms with Gasteiger partial charge in [0.25, 0.3) is 0 Å². The number of benzene rings is 1. The number of carbonyl (C=O) groups excluding carboxylic acids is 1. The molecule has 0 radical (unpaired) electrons. The molecule has 0 unspecified atom stereocenters. The molecule has 1 aromatic carbocycles. The standard InChI is InChI=1S/C10H12ClNO2S/c1-2-14-9(13)6-15-8-5-3-4-7(11)10(8)12/h3-5H,2,6,12H2,1H3. The molecular weight excluding hydrogens is 234 g/mol. The largest absolute Gasteiger partial charge is 0.465 e. The summed E-state index contributed by atoms with van der Waals surface area (Å²) in [5.74, 6) is 0.000132. The number of esters is 1. The monoisotopic (exact) mass is 245 g/mol. The molecule has 0 saturated carbocycles. The normalized spacial score (nSPS) is 10.0. The van der Waals surface area contributed by atoms with Crippen LogP contribution >= 0.6 is 23.4 Å². The number of halogens is 1. The van der Waals surface area contributed by atoms with Crippen molar-refractivity contribution >= 4 is 35.0 Å². The van der Waals surface area contributed by atoms with Crippen LogP contribution < -0.4 is 5.73 Å². The first kappa shape index (κ1) is 12.2. The molecule has 5 heteroatoms. The van der Waals surface area contributed by atoms with Crippen molar-refractivity contribution in [1.29, 1.82) is 0 Å². The van der Waals surface area contributed by atoms with E-state index in [1.807, 2.05) is 6.07 Å². The molecular formula is C10H12ClNO2S. The molecule has 0 atom stereocenters. The summed E-state index contributed by atoms with van der Waals surface area (Å²) in [5.41, 5.74) is 6.25. The zero-order chi connectivity index (χ0) is 11.3. The van der Waals surface area contributed by atoms with Crippen molar-refractivity contribution in [2.45, 2.75) is 11.8 Å². The maximum atomic E-state index is 11.1. The van der Waals surface area contributed by atoms with E-state index >= 15 is 0 Å². The molecule has 1 rings (SSSR count). The van der Waals surface area contributed by atoms with Crippen molar-refractivity contribution in [2.24, 2.45) is 0 Å². The number of nitrogens with two attached hydrogens (primary N) is 1. The van der Waals surface area contributed by atoms with E-state index in [-0.39, 0.29) is 11.7 Å². The van der Waals surface area contributed by atoms with E-state index in [0.717, 1.165) is 4.90 Å². The molecule has 0 aliphatic heterocycles. The zero-order valence-electron chi connectivity index (χ0n) is 8.33. The summed E-state index contributed by atoms with van der Waals surface area (Å²) in [5, 5.41) is 0.504. The molecule has 0 saturated heterocycles. The van der Waals surface area contributed by atoms with Gasteiger partial charge in [0.15, 0.2) is 0 Å². The fraction of sp³-hybridized carbons (Fsp3) is 0.300. The molecule has 0 aliphatic carbocycles. The molecule has 0 bridgehead atoms. The number of thioether (sulfide) groups is 1. The number of hydrogen-bond acceptors (Lipinski definition) is 4. The third-order valence-corrected chi connectivity index (χ3v) is 3.04. The molecule has 1 aromatic rings. The van der Waals surface area contributed by atoms with E-state index in [0.29, 0.717) is 17.3 Å². The highest BCUT2D eigenvalue weighted by molar-refractivity contribution is 8.00. The Hall–Kier alpha value is -0.870. The highest BCUT2D eigenvalue weighted by Gasteiger charge is 2.07. The highest BCUT2D eigenvalue weighted by atomic mass is 35.5. The lowest BCUT2D eigenvalue weighted by atomic mass is 10.3. The number of para-hydroxylation sites is 1. The predicted molar refractivity (Wildman–Crippen MR) is 63.2 cm³/mol. The number of nitrogen functional groups attached to an aromatic ring is 1. The Morgan fingerprint density at radius 2 is 2.33 bits per heavy atom. The van der Waals surface area contributed by atoms with Crippen molar-refractivity contribution in [3.05, 3.63) is 23.2 Å². The maximum Gasteiger partial charge on any atom is 0.316 e. The summed E-state index contributed by atoms with van der Waals surface area (Å²) >= 11 is 7.16. The lowest BCUT2D eigenvalue weighted by Crippen LogP contribution is -2.06. The molecule has 15 heavy (non-hydrogen) atoms. The predicted octanol–water partition coefficient (Wildman–Crippen LogP) is 2.58. The van der Waals surface area contributed by atoms with Gasteiger partial charge in [0.1, 0.15) is 0 Å². The van der Waals surface area contributed by atoms with E-state index in [1.165, 1.54) is 11.8 Å². The summed E-state index contributed by atoms with van der Waals surface area (Å²) in [7, 11) is 0. The first-order valence-corrected chi connectivity index (χ1v) is 5.84. The van der Waals surface area contributed by atoms with Gasteiger partial charge in [-0.2, -0.15) is 0 Å². The van der Waals surface area contributed by atoms with E-state index in [1.54, 1.807) is 19.1 Å². The van der Waals surface area contributed by atoms with E-state index in [4.69, 9.17) is 22.1 Å². The first-order chi connectivity index (χ1) is 7.15. The van der Waals surface area contributed by atoms with Crippen LogP contribution in [0.5, 0.6) is 0 Å². The summed E-state index contributed by atoms with van der Waals surface area (Å²) < 4.78 is 4.80. The summed E-state index contributed by atoms with van der Waals surface area (Å²) in [6.07, 6.45) is 0. The maximum absolute atomic E-state index is 11.1.